The number of nitrogens with one attached hydrogen (secondary N) is 1. The molecule has 3 rings (SSSR count). The van der Waals surface area contributed by atoms with Crippen molar-refractivity contribution in [2.75, 3.05) is 44.7 Å². The normalized spacial score (nSPS) is 15.1. The number of rotatable bonds is 6. The van der Waals surface area contributed by atoms with Crippen LogP contribution in [0, 0.1) is 5.82 Å². The lowest BCUT2D eigenvalue weighted by Gasteiger charge is -2.32. The third-order valence-electron chi connectivity index (χ3n) is 4.87. The summed E-state index contributed by atoms with van der Waals surface area (Å²) in [6, 6.07) is 11.5. The van der Waals surface area contributed by atoms with Crippen molar-refractivity contribution in [3.8, 4) is 0 Å². The maximum Gasteiger partial charge on any atom is 0.418 e. The first-order chi connectivity index (χ1) is 14.3. The number of hydrogen-bond acceptors (Lipinski definition) is 3. The summed E-state index contributed by atoms with van der Waals surface area (Å²) in [6.07, 6.45) is -4.51. The molecule has 2 aromatic carbocycles. The van der Waals surface area contributed by atoms with Crippen LogP contribution < -0.4 is 5.32 Å². The van der Waals surface area contributed by atoms with Crippen LogP contribution in [0.3, 0.4) is 0 Å². The van der Waals surface area contributed by atoms with Gasteiger partial charge in [0.25, 0.3) is 0 Å². The largest absolute Gasteiger partial charge is 0.418 e. The zero-order chi connectivity index (χ0) is 21.6. The summed E-state index contributed by atoms with van der Waals surface area (Å²) in [6.45, 7) is 4.03. The highest BCUT2D eigenvalue weighted by Gasteiger charge is 2.33. The topological polar surface area (TPSA) is 27.7 Å². The standard InChI is InChI=1S/C21H23F4N3OS/c22-18-7-3-1-5-16(18)15-28(10-9-27-11-13-29-14-12-27)20(30)26-19-8-4-2-6-17(19)21(23,24)25/h1-8H,9-15H2,(H,26,30). The highest BCUT2D eigenvalue weighted by molar-refractivity contribution is 7.80. The average molecular weight is 441 g/mol. The molecule has 0 spiro atoms. The van der Waals surface area contributed by atoms with Crippen LogP contribution in [0.2, 0.25) is 0 Å². The Morgan fingerprint density at radius 1 is 1.07 bits per heavy atom. The van der Waals surface area contributed by atoms with Gasteiger partial charge in [-0.3, -0.25) is 4.90 Å². The van der Waals surface area contributed by atoms with Crippen molar-refractivity contribution < 1.29 is 22.3 Å². The molecule has 1 aliphatic rings. The molecule has 0 radical (unpaired) electrons. The molecule has 0 bridgehead atoms. The van der Waals surface area contributed by atoms with E-state index >= 15 is 0 Å². The van der Waals surface area contributed by atoms with E-state index in [-0.39, 0.29) is 23.2 Å². The van der Waals surface area contributed by atoms with Gasteiger partial charge in [-0.05, 0) is 30.4 Å². The van der Waals surface area contributed by atoms with Crippen LogP contribution in [0.4, 0.5) is 23.2 Å². The van der Waals surface area contributed by atoms with E-state index in [9.17, 15) is 17.6 Å². The van der Waals surface area contributed by atoms with E-state index in [1.54, 1.807) is 23.1 Å². The Balaban J connectivity index is 1.76. The quantitative estimate of drug-likeness (QED) is 0.531. The smallest absolute Gasteiger partial charge is 0.379 e. The van der Waals surface area contributed by atoms with Crippen LogP contribution in [-0.2, 0) is 17.5 Å². The van der Waals surface area contributed by atoms with Crippen molar-refractivity contribution in [2.24, 2.45) is 0 Å². The molecule has 1 N–H and O–H groups in total. The third kappa shape index (κ3) is 6.13. The first-order valence-electron chi connectivity index (χ1n) is 9.60. The summed E-state index contributed by atoms with van der Waals surface area (Å²) in [7, 11) is 0. The fraction of sp³-hybridized carbons (Fsp3) is 0.381. The number of ether oxygens (including phenoxy) is 1. The van der Waals surface area contributed by atoms with Gasteiger partial charge in [-0.1, -0.05) is 30.3 Å². The molecular weight excluding hydrogens is 418 g/mol. The summed E-state index contributed by atoms with van der Waals surface area (Å²) in [5.41, 5.74) is -0.501. The van der Waals surface area contributed by atoms with E-state index in [0.717, 1.165) is 19.2 Å². The number of para-hydroxylation sites is 1. The molecule has 1 fully saturated rings. The number of hydrogen-bond donors (Lipinski definition) is 1. The summed E-state index contributed by atoms with van der Waals surface area (Å²) >= 11 is 5.43. The van der Waals surface area contributed by atoms with Gasteiger partial charge in [0.2, 0.25) is 0 Å². The van der Waals surface area contributed by atoms with Gasteiger partial charge in [-0.2, -0.15) is 13.2 Å². The predicted molar refractivity (Wildman–Crippen MR) is 112 cm³/mol. The lowest BCUT2D eigenvalue weighted by Crippen LogP contribution is -2.44. The number of benzene rings is 2. The van der Waals surface area contributed by atoms with Gasteiger partial charge in [-0.15, -0.1) is 0 Å². The number of anilines is 1. The Morgan fingerprint density at radius 3 is 2.43 bits per heavy atom. The van der Waals surface area contributed by atoms with Crippen molar-refractivity contribution in [1.82, 2.24) is 9.80 Å². The molecular formula is C21H23F4N3OS. The van der Waals surface area contributed by atoms with E-state index in [2.05, 4.69) is 10.2 Å². The van der Waals surface area contributed by atoms with Gasteiger partial charge in [0.15, 0.2) is 5.11 Å². The molecule has 2 aromatic rings. The molecule has 0 aliphatic carbocycles. The van der Waals surface area contributed by atoms with Crippen LogP contribution in [0.25, 0.3) is 0 Å². The fourth-order valence-electron chi connectivity index (χ4n) is 3.21. The molecule has 9 heteroatoms. The molecule has 1 heterocycles. The Hall–Kier alpha value is -2.23. The summed E-state index contributed by atoms with van der Waals surface area (Å²) in [5, 5.41) is 2.83. The van der Waals surface area contributed by atoms with E-state index in [1.807, 2.05) is 0 Å². The molecule has 0 atom stereocenters. The zero-order valence-electron chi connectivity index (χ0n) is 16.3. The van der Waals surface area contributed by atoms with Crippen LogP contribution in [-0.4, -0.2) is 54.3 Å². The minimum Gasteiger partial charge on any atom is -0.379 e. The second-order valence-corrected chi connectivity index (χ2v) is 7.33. The van der Waals surface area contributed by atoms with E-state index in [1.165, 1.54) is 24.3 Å². The van der Waals surface area contributed by atoms with Crippen LogP contribution in [0.1, 0.15) is 11.1 Å². The second-order valence-electron chi connectivity index (χ2n) is 6.94. The van der Waals surface area contributed by atoms with Gasteiger partial charge < -0.3 is 15.0 Å². The molecule has 0 unspecified atom stereocenters. The molecule has 4 nitrogen and oxygen atoms in total. The number of halogens is 4. The number of thiocarbonyl (C=S) groups is 1. The van der Waals surface area contributed by atoms with Crippen molar-refractivity contribution >= 4 is 23.0 Å². The van der Waals surface area contributed by atoms with Gasteiger partial charge >= 0.3 is 6.18 Å². The van der Waals surface area contributed by atoms with Crippen molar-refractivity contribution in [3.05, 3.63) is 65.5 Å². The molecule has 162 valence electrons. The SMILES string of the molecule is Fc1ccccc1CN(CCN1CCOCC1)C(=S)Nc1ccccc1C(F)(F)F. The van der Waals surface area contributed by atoms with Gasteiger partial charge in [0.05, 0.1) is 24.5 Å². The van der Waals surface area contributed by atoms with Gasteiger partial charge in [0, 0.05) is 38.3 Å². The highest BCUT2D eigenvalue weighted by Crippen LogP contribution is 2.34. The number of nitrogens with zero attached hydrogens (tertiary/aromatic N) is 2. The summed E-state index contributed by atoms with van der Waals surface area (Å²) in [5.74, 6) is -0.382. The molecule has 0 saturated carbocycles. The van der Waals surface area contributed by atoms with Crippen molar-refractivity contribution in [1.29, 1.82) is 0 Å². The lowest BCUT2D eigenvalue weighted by atomic mass is 10.1. The number of alkyl halides is 3. The predicted octanol–water partition coefficient (Wildman–Crippen LogP) is 4.38. The monoisotopic (exact) mass is 441 g/mol. The molecule has 30 heavy (non-hydrogen) atoms. The van der Waals surface area contributed by atoms with Crippen molar-refractivity contribution in [3.63, 3.8) is 0 Å². The lowest BCUT2D eigenvalue weighted by molar-refractivity contribution is -0.136. The average Bonchev–Trinajstić information content (AvgIpc) is 2.72. The minimum absolute atomic E-state index is 0.114. The molecule has 0 aromatic heterocycles. The van der Waals surface area contributed by atoms with Crippen LogP contribution in [0.15, 0.2) is 48.5 Å². The molecule has 1 saturated heterocycles. The summed E-state index contributed by atoms with van der Waals surface area (Å²) < 4.78 is 59.5. The second kappa shape index (κ2) is 10.2. The van der Waals surface area contributed by atoms with Gasteiger partial charge in [-0.25, -0.2) is 4.39 Å². The highest BCUT2D eigenvalue weighted by atomic mass is 32.1. The molecule has 1 aliphatic heterocycles. The zero-order valence-corrected chi connectivity index (χ0v) is 17.1. The number of morpholine rings is 1. The Labute approximate surface area is 178 Å². The maximum absolute atomic E-state index is 14.2. The Morgan fingerprint density at radius 2 is 1.73 bits per heavy atom. The Kier molecular flexibility index (Phi) is 7.63. The fourth-order valence-corrected chi connectivity index (χ4v) is 3.47. The maximum atomic E-state index is 14.2. The van der Waals surface area contributed by atoms with Crippen molar-refractivity contribution in [2.45, 2.75) is 12.7 Å². The van der Waals surface area contributed by atoms with E-state index < -0.39 is 11.7 Å². The molecule has 0 amide bonds. The van der Waals surface area contributed by atoms with Crippen LogP contribution in [0.5, 0.6) is 0 Å². The van der Waals surface area contributed by atoms with E-state index in [4.69, 9.17) is 17.0 Å². The summed E-state index contributed by atoms with van der Waals surface area (Å²) in [4.78, 5) is 3.88. The van der Waals surface area contributed by atoms with Crippen LogP contribution >= 0.6 is 12.2 Å². The third-order valence-corrected chi connectivity index (χ3v) is 5.23. The minimum atomic E-state index is -4.51. The first kappa shape index (κ1) is 22.5. The van der Waals surface area contributed by atoms with E-state index in [0.29, 0.717) is 31.9 Å². The van der Waals surface area contributed by atoms with Gasteiger partial charge in [0.1, 0.15) is 5.82 Å². The first-order valence-corrected chi connectivity index (χ1v) is 10.0. The Bertz CT molecular complexity index is 856.